The Morgan fingerprint density at radius 1 is 1.28 bits per heavy atom. The lowest BCUT2D eigenvalue weighted by Gasteiger charge is -2.28. The van der Waals surface area contributed by atoms with Crippen LogP contribution in [0.15, 0.2) is 23.1 Å². The molecule has 0 saturated heterocycles. The van der Waals surface area contributed by atoms with Crippen molar-refractivity contribution in [3.05, 3.63) is 29.3 Å². The molecule has 1 aromatic rings. The third kappa shape index (κ3) is 2.55. The first-order valence-electron chi connectivity index (χ1n) is 5.60. The van der Waals surface area contributed by atoms with Gasteiger partial charge >= 0.3 is 0 Å². The van der Waals surface area contributed by atoms with E-state index in [-0.39, 0.29) is 4.90 Å². The number of hydrogen-bond donors (Lipinski definition) is 0. The number of aryl methyl sites for hydroxylation is 2. The maximum absolute atomic E-state index is 12.4. The number of rotatable bonds is 3. The number of nitriles is 1. The van der Waals surface area contributed by atoms with Crippen molar-refractivity contribution in [2.45, 2.75) is 38.1 Å². The lowest BCUT2D eigenvalue weighted by atomic mass is 10.1. The molecule has 98 valence electrons. The van der Waals surface area contributed by atoms with Crippen molar-refractivity contribution >= 4 is 10.0 Å². The molecular formula is C13H18N2O2S. The van der Waals surface area contributed by atoms with Crippen molar-refractivity contribution in [2.75, 3.05) is 7.05 Å². The fraction of sp³-hybridized carbons (Fsp3) is 0.462. The van der Waals surface area contributed by atoms with Crippen LogP contribution < -0.4 is 0 Å². The first-order chi connectivity index (χ1) is 8.13. The molecule has 5 heteroatoms. The highest BCUT2D eigenvalue weighted by molar-refractivity contribution is 7.89. The minimum Gasteiger partial charge on any atom is -0.207 e. The van der Waals surface area contributed by atoms with Gasteiger partial charge in [0.2, 0.25) is 10.0 Å². The van der Waals surface area contributed by atoms with Gasteiger partial charge in [-0.3, -0.25) is 0 Å². The summed E-state index contributed by atoms with van der Waals surface area (Å²) in [6, 6.07) is 7.16. The van der Waals surface area contributed by atoms with Gasteiger partial charge in [-0.25, -0.2) is 8.42 Å². The van der Waals surface area contributed by atoms with Gasteiger partial charge in [-0.15, -0.1) is 0 Å². The fourth-order valence-electron chi connectivity index (χ4n) is 1.61. The van der Waals surface area contributed by atoms with E-state index in [0.29, 0.717) is 5.56 Å². The Kier molecular flexibility index (Phi) is 3.84. The first-order valence-corrected chi connectivity index (χ1v) is 7.04. The molecule has 0 aliphatic heterocycles. The van der Waals surface area contributed by atoms with Gasteiger partial charge in [0.25, 0.3) is 0 Å². The van der Waals surface area contributed by atoms with Gasteiger partial charge in [-0.05, 0) is 39.3 Å². The van der Waals surface area contributed by atoms with Crippen LogP contribution in [0.25, 0.3) is 0 Å². The lowest BCUT2D eigenvalue weighted by Crippen LogP contribution is -2.43. The van der Waals surface area contributed by atoms with Crippen LogP contribution in [0.5, 0.6) is 0 Å². The van der Waals surface area contributed by atoms with E-state index >= 15 is 0 Å². The second kappa shape index (κ2) is 4.71. The number of nitrogens with zero attached hydrogens (tertiary/aromatic N) is 2. The molecule has 4 nitrogen and oxygen atoms in total. The highest BCUT2D eigenvalue weighted by Gasteiger charge is 2.34. The van der Waals surface area contributed by atoms with E-state index in [1.54, 1.807) is 32.9 Å². The van der Waals surface area contributed by atoms with E-state index in [1.807, 2.05) is 19.1 Å². The number of sulfonamides is 1. The van der Waals surface area contributed by atoms with Crippen molar-refractivity contribution in [3.8, 4) is 6.07 Å². The second-order valence-electron chi connectivity index (χ2n) is 4.91. The summed E-state index contributed by atoms with van der Waals surface area (Å²) < 4.78 is 26.0. The zero-order chi connectivity index (χ0) is 14.1. The molecule has 0 aliphatic rings. The van der Waals surface area contributed by atoms with E-state index < -0.39 is 15.6 Å². The molecule has 0 bridgehead atoms. The summed E-state index contributed by atoms with van der Waals surface area (Å²) in [4.78, 5) is 0.249. The molecule has 0 spiro atoms. The molecule has 0 fully saturated rings. The van der Waals surface area contributed by atoms with Crippen LogP contribution in [0, 0.1) is 25.2 Å². The van der Waals surface area contributed by atoms with Gasteiger partial charge in [0.05, 0.1) is 11.0 Å². The molecule has 0 radical (unpaired) electrons. The third-order valence-corrected chi connectivity index (χ3v) is 5.22. The third-order valence-electron chi connectivity index (χ3n) is 3.03. The standard InChI is InChI=1S/C13H18N2O2S/c1-10-6-7-12(11(2)8-10)18(16,17)15(5)13(3,4)9-14/h6-8H,1-5H3. The second-order valence-corrected chi connectivity index (χ2v) is 6.85. The lowest BCUT2D eigenvalue weighted by molar-refractivity contribution is 0.337. The number of hydrogen-bond acceptors (Lipinski definition) is 3. The quantitative estimate of drug-likeness (QED) is 0.842. The molecule has 18 heavy (non-hydrogen) atoms. The predicted octanol–water partition coefficient (Wildman–Crippen LogP) is 2.23. The topological polar surface area (TPSA) is 61.2 Å². The van der Waals surface area contributed by atoms with Crippen molar-refractivity contribution in [1.82, 2.24) is 4.31 Å². The number of benzene rings is 1. The van der Waals surface area contributed by atoms with Gasteiger partial charge < -0.3 is 0 Å². The van der Waals surface area contributed by atoms with Crippen molar-refractivity contribution in [3.63, 3.8) is 0 Å². The normalized spacial score (nSPS) is 12.5. The average molecular weight is 266 g/mol. The van der Waals surface area contributed by atoms with E-state index in [0.717, 1.165) is 9.87 Å². The highest BCUT2D eigenvalue weighted by atomic mass is 32.2. The minimum absolute atomic E-state index is 0.249. The van der Waals surface area contributed by atoms with E-state index in [1.165, 1.54) is 7.05 Å². The summed E-state index contributed by atoms with van der Waals surface area (Å²) in [5.74, 6) is 0. The summed E-state index contributed by atoms with van der Waals surface area (Å²) in [7, 11) is -2.22. The molecule has 0 aliphatic carbocycles. The monoisotopic (exact) mass is 266 g/mol. The van der Waals surface area contributed by atoms with Crippen LogP contribution in [0.3, 0.4) is 0 Å². The van der Waals surface area contributed by atoms with Crippen LogP contribution in [0.4, 0.5) is 0 Å². The minimum atomic E-state index is -3.65. The van der Waals surface area contributed by atoms with Crippen molar-refractivity contribution in [1.29, 1.82) is 5.26 Å². The predicted molar refractivity (Wildman–Crippen MR) is 70.6 cm³/mol. The van der Waals surface area contributed by atoms with Crippen molar-refractivity contribution in [2.24, 2.45) is 0 Å². The Morgan fingerprint density at radius 3 is 2.28 bits per heavy atom. The van der Waals surface area contributed by atoms with E-state index in [4.69, 9.17) is 5.26 Å². The highest BCUT2D eigenvalue weighted by Crippen LogP contribution is 2.25. The van der Waals surface area contributed by atoms with Crippen LogP contribution in [0.1, 0.15) is 25.0 Å². The summed E-state index contributed by atoms with van der Waals surface area (Å²) in [5.41, 5.74) is 0.625. The SMILES string of the molecule is Cc1ccc(S(=O)(=O)N(C)C(C)(C)C#N)c(C)c1. The average Bonchev–Trinajstić information content (AvgIpc) is 2.27. The van der Waals surface area contributed by atoms with Crippen LogP contribution >= 0.6 is 0 Å². The maximum atomic E-state index is 12.4. The fourth-order valence-corrected chi connectivity index (χ4v) is 3.25. The zero-order valence-electron chi connectivity index (χ0n) is 11.4. The molecule has 0 unspecified atom stereocenters. The Bertz CT molecular complexity index is 598. The Labute approximate surface area is 109 Å². The zero-order valence-corrected chi connectivity index (χ0v) is 12.2. The Morgan fingerprint density at radius 2 is 1.83 bits per heavy atom. The molecule has 1 rings (SSSR count). The Balaban J connectivity index is 3.36. The Hall–Kier alpha value is -1.38. The van der Waals surface area contributed by atoms with Gasteiger partial charge in [0, 0.05) is 7.05 Å². The molecule has 0 N–H and O–H groups in total. The van der Waals surface area contributed by atoms with Crippen LogP contribution in [-0.2, 0) is 10.0 Å². The molecule has 0 atom stereocenters. The van der Waals surface area contributed by atoms with E-state index in [2.05, 4.69) is 0 Å². The molecular weight excluding hydrogens is 248 g/mol. The molecule has 0 aromatic heterocycles. The van der Waals surface area contributed by atoms with Crippen LogP contribution in [-0.4, -0.2) is 25.3 Å². The maximum Gasteiger partial charge on any atom is 0.244 e. The van der Waals surface area contributed by atoms with Gasteiger partial charge in [-0.1, -0.05) is 17.7 Å². The summed E-state index contributed by atoms with van der Waals surface area (Å²) in [5, 5.41) is 9.03. The summed E-state index contributed by atoms with van der Waals surface area (Å²) >= 11 is 0. The van der Waals surface area contributed by atoms with E-state index in [9.17, 15) is 8.42 Å². The largest absolute Gasteiger partial charge is 0.244 e. The summed E-state index contributed by atoms with van der Waals surface area (Å²) in [6.45, 7) is 6.82. The van der Waals surface area contributed by atoms with Gasteiger partial charge in [-0.2, -0.15) is 9.57 Å². The van der Waals surface area contributed by atoms with Crippen LogP contribution in [0.2, 0.25) is 0 Å². The first kappa shape index (κ1) is 14.7. The molecule has 0 saturated carbocycles. The van der Waals surface area contributed by atoms with Gasteiger partial charge in [0.1, 0.15) is 5.54 Å². The van der Waals surface area contributed by atoms with Gasteiger partial charge in [0.15, 0.2) is 0 Å². The smallest absolute Gasteiger partial charge is 0.207 e. The van der Waals surface area contributed by atoms with Crippen molar-refractivity contribution < 1.29 is 8.42 Å². The molecule has 0 amide bonds. The molecule has 1 aromatic carbocycles. The molecule has 0 heterocycles. The summed E-state index contributed by atoms with van der Waals surface area (Å²) in [6.07, 6.45) is 0.